The van der Waals surface area contributed by atoms with Crippen molar-refractivity contribution in [3.63, 3.8) is 0 Å². The molecule has 0 atom stereocenters. The van der Waals surface area contributed by atoms with Gasteiger partial charge in [-0.2, -0.15) is 0 Å². The van der Waals surface area contributed by atoms with E-state index in [9.17, 15) is 0 Å². The van der Waals surface area contributed by atoms with Gasteiger partial charge < -0.3 is 5.11 Å². The van der Waals surface area contributed by atoms with E-state index >= 15 is 0 Å². The molecule has 0 saturated heterocycles. The van der Waals surface area contributed by atoms with Crippen molar-refractivity contribution in [3.8, 4) is 0 Å². The predicted molar refractivity (Wildman–Crippen MR) is 54.0 cm³/mol. The summed E-state index contributed by atoms with van der Waals surface area (Å²) < 4.78 is 0. The number of nitrogens with zero attached hydrogens (tertiary/aromatic N) is 2. The Bertz CT molecular complexity index is 295. The van der Waals surface area contributed by atoms with Gasteiger partial charge in [0.25, 0.3) is 0 Å². The van der Waals surface area contributed by atoms with Crippen molar-refractivity contribution in [2.75, 3.05) is 6.61 Å². The van der Waals surface area contributed by atoms with Crippen molar-refractivity contribution in [1.29, 1.82) is 0 Å². The normalized spacial score (nSPS) is 17.5. The number of aliphatic hydroxyl groups is 1. The van der Waals surface area contributed by atoms with Crippen LogP contribution in [0.4, 0.5) is 0 Å². The first kappa shape index (κ1) is 9.59. The maximum absolute atomic E-state index is 8.80. The molecule has 0 aromatic carbocycles. The van der Waals surface area contributed by atoms with E-state index in [0.717, 1.165) is 5.82 Å². The lowest BCUT2D eigenvalue weighted by Crippen LogP contribution is -2.03. The van der Waals surface area contributed by atoms with Crippen molar-refractivity contribution in [2.24, 2.45) is 0 Å². The molecule has 3 nitrogen and oxygen atoms in total. The van der Waals surface area contributed by atoms with E-state index < -0.39 is 0 Å². The molecular formula is C11H16N2O. The first-order chi connectivity index (χ1) is 6.90. The molecule has 0 radical (unpaired) electrons. The van der Waals surface area contributed by atoms with Gasteiger partial charge in [-0.25, -0.2) is 9.97 Å². The summed E-state index contributed by atoms with van der Waals surface area (Å²) in [6.45, 7) is 0.133. The van der Waals surface area contributed by atoms with Crippen LogP contribution in [0.3, 0.4) is 0 Å². The molecular weight excluding hydrogens is 176 g/mol. The summed E-state index contributed by atoms with van der Waals surface area (Å²) in [5.74, 6) is 1.41. The second-order valence-electron chi connectivity index (χ2n) is 3.85. The van der Waals surface area contributed by atoms with Crippen molar-refractivity contribution >= 4 is 0 Å². The number of rotatable bonds is 3. The predicted octanol–water partition coefficient (Wildman–Crippen LogP) is 1.67. The molecule has 2 rings (SSSR count). The van der Waals surface area contributed by atoms with Crippen LogP contribution in [0.5, 0.6) is 0 Å². The lowest BCUT2D eigenvalue weighted by atomic mass is 10.0. The first-order valence-corrected chi connectivity index (χ1v) is 5.33. The summed E-state index contributed by atoms with van der Waals surface area (Å²) in [6.07, 6.45) is 7.55. The zero-order valence-corrected chi connectivity index (χ0v) is 8.32. The Morgan fingerprint density at radius 1 is 1.36 bits per heavy atom. The molecule has 0 amide bonds. The van der Waals surface area contributed by atoms with Crippen LogP contribution in [-0.2, 0) is 6.42 Å². The molecule has 76 valence electrons. The number of hydrogen-bond donors (Lipinski definition) is 1. The van der Waals surface area contributed by atoms with E-state index in [1.165, 1.54) is 31.4 Å². The van der Waals surface area contributed by atoms with Gasteiger partial charge in [-0.15, -0.1) is 0 Å². The summed E-state index contributed by atoms with van der Waals surface area (Å²) in [4.78, 5) is 8.60. The minimum atomic E-state index is 0.133. The molecule has 14 heavy (non-hydrogen) atoms. The number of aliphatic hydroxyl groups excluding tert-OH is 1. The molecule has 1 saturated carbocycles. The molecule has 3 heteroatoms. The molecule has 0 aliphatic heterocycles. The van der Waals surface area contributed by atoms with E-state index in [0.29, 0.717) is 12.3 Å². The Hall–Kier alpha value is -0.960. The molecule has 0 unspecified atom stereocenters. The van der Waals surface area contributed by atoms with E-state index in [2.05, 4.69) is 9.97 Å². The highest BCUT2D eigenvalue weighted by Gasteiger charge is 2.18. The quantitative estimate of drug-likeness (QED) is 0.792. The third-order valence-electron chi connectivity index (χ3n) is 2.84. The Morgan fingerprint density at radius 2 is 2.14 bits per heavy atom. The maximum Gasteiger partial charge on any atom is 0.130 e. The van der Waals surface area contributed by atoms with Gasteiger partial charge in [-0.3, -0.25) is 0 Å². The monoisotopic (exact) mass is 192 g/mol. The van der Waals surface area contributed by atoms with Crippen LogP contribution in [0.1, 0.15) is 43.1 Å². The topological polar surface area (TPSA) is 46.0 Å². The zero-order chi connectivity index (χ0) is 9.80. The zero-order valence-electron chi connectivity index (χ0n) is 8.32. The molecule has 0 spiro atoms. The average Bonchev–Trinajstić information content (AvgIpc) is 2.71. The minimum absolute atomic E-state index is 0.133. The van der Waals surface area contributed by atoms with E-state index in [-0.39, 0.29) is 6.61 Å². The van der Waals surface area contributed by atoms with Crippen LogP contribution in [-0.4, -0.2) is 21.7 Å². The van der Waals surface area contributed by atoms with Gasteiger partial charge in [0.15, 0.2) is 0 Å². The molecule has 0 bridgehead atoms. The number of hydrogen-bond acceptors (Lipinski definition) is 3. The Balaban J connectivity index is 2.12. The molecule has 1 aromatic heterocycles. The number of aromatic nitrogens is 2. The summed E-state index contributed by atoms with van der Waals surface area (Å²) in [5.41, 5.74) is 1.17. The van der Waals surface area contributed by atoms with Crippen molar-refractivity contribution in [3.05, 3.63) is 23.8 Å². The van der Waals surface area contributed by atoms with Gasteiger partial charge in [-0.1, -0.05) is 12.8 Å². The van der Waals surface area contributed by atoms with Crippen LogP contribution in [0.2, 0.25) is 0 Å². The van der Waals surface area contributed by atoms with Gasteiger partial charge in [0.1, 0.15) is 5.82 Å². The van der Waals surface area contributed by atoms with Gasteiger partial charge >= 0.3 is 0 Å². The molecule has 1 aromatic rings. The SMILES string of the molecule is OCCc1nccc(C2CCCC2)n1. The Morgan fingerprint density at radius 3 is 2.86 bits per heavy atom. The van der Waals surface area contributed by atoms with Crippen LogP contribution >= 0.6 is 0 Å². The highest BCUT2D eigenvalue weighted by atomic mass is 16.3. The van der Waals surface area contributed by atoms with Crippen molar-refractivity contribution in [2.45, 2.75) is 38.0 Å². The summed E-state index contributed by atoms with van der Waals surface area (Å²) >= 11 is 0. The standard InChI is InChI=1S/C11H16N2O/c14-8-6-11-12-7-5-10(13-11)9-3-1-2-4-9/h5,7,9,14H,1-4,6,8H2. The van der Waals surface area contributed by atoms with Gasteiger partial charge in [0, 0.05) is 24.2 Å². The maximum atomic E-state index is 8.80. The Kier molecular flexibility index (Phi) is 3.09. The van der Waals surface area contributed by atoms with E-state index in [1.54, 1.807) is 0 Å². The minimum Gasteiger partial charge on any atom is -0.396 e. The third kappa shape index (κ3) is 2.10. The second-order valence-corrected chi connectivity index (χ2v) is 3.85. The summed E-state index contributed by atoms with van der Waals surface area (Å²) in [6, 6.07) is 2.01. The third-order valence-corrected chi connectivity index (χ3v) is 2.84. The smallest absolute Gasteiger partial charge is 0.130 e. The lowest BCUT2D eigenvalue weighted by Gasteiger charge is -2.08. The molecule has 1 heterocycles. The average molecular weight is 192 g/mol. The Labute approximate surface area is 84.2 Å². The van der Waals surface area contributed by atoms with Crippen LogP contribution in [0, 0.1) is 0 Å². The summed E-state index contributed by atoms with van der Waals surface area (Å²) in [5, 5.41) is 8.80. The van der Waals surface area contributed by atoms with Crippen molar-refractivity contribution < 1.29 is 5.11 Å². The molecule has 1 N–H and O–H groups in total. The highest BCUT2D eigenvalue weighted by molar-refractivity contribution is 5.10. The van der Waals surface area contributed by atoms with Crippen molar-refractivity contribution in [1.82, 2.24) is 9.97 Å². The fraction of sp³-hybridized carbons (Fsp3) is 0.636. The fourth-order valence-electron chi connectivity index (χ4n) is 2.08. The molecule has 1 aliphatic carbocycles. The van der Waals surface area contributed by atoms with E-state index in [4.69, 9.17) is 5.11 Å². The lowest BCUT2D eigenvalue weighted by molar-refractivity contribution is 0.296. The summed E-state index contributed by atoms with van der Waals surface area (Å²) in [7, 11) is 0. The van der Waals surface area contributed by atoms with Crippen LogP contribution in [0.15, 0.2) is 12.3 Å². The largest absolute Gasteiger partial charge is 0.396 e. The molecule has 1 aliphatic rings. The van der Waals surface area contributed by atoms with Gasteiger partial charge in [0.05, 0.1) is 6.61 Å². The second kappa shape index (κ2) is 4.51. The van der Waals surface area contributed by atoms with Gasteiger partial charge in [0.2, 0.25) is 0 Å². The van der Waals surface area contributed by atoms with E-state index in [1.807, 2.05) is 12.3 Å². The van der Waals surface area contributed by atoms with Crippen LogP contribution < -0.4 is 0 Å². The fourth-order valence-corrected chi connectivity index (χ4v) is 2.08. The highest BCUT2D eigenvalue weighted by Crippen LogP contribution is 2.32. The van der Waals surface area contributed by atoms with Gasteiger partial charge in [-0.05, 0) is 18.9 Å². The van der Waals surface area contributed by atoms with Crippen LogP contribution in [0.25, 0.3) is 0 Å². The molecule has 1 fully saturated rings. The first-order valence-electron chi connectivity index (χ1n) is 5.33.